The fraction of sp³-hybridized carbons (Fsp3) is 0.471. The molecule has 2 heterocycles. The average molecular weight is 315 g/mol. The Morgan fingerprint density at radius 2 is 2.13 bits per heavy atom. The second-order valence-corrected chi connectivity index (χ2v) is 5.82. The summed E-state index contributed by atoms with van der Waals surface area (Å²) in [6, 6.07) is 10.0. The maximum Gasteiger partial charge on any atom is 0.249 e. The van der Waals surface area contributed by atoms with Crippen molar-refractivity contribution < 1.29 is 14.1 Å². The maximum atomic E-state index is 11.8. The SMILES string of the molecule is CO[C@H]1C[C@H](c2nc(CCc3ccccc3)no2)N(C(C)=O)C1. The second kappa shape index (κ2) is 6.91. The zero-order valence-electron chi connectivity index (χ0n) is 13.4. The molecule has 6 nitrogen and oxygen atoms in total. The molecule has 2 atom stereocenters. The normalized spacial score (nSPS) is 20.9. The molecule has 0 spiro atoms. The van der Waals surface area contributed by atoms with Crippen LogP contribution < -0.4 is 0 Å². The molecule has 0 radical (unpaired) electrons. The largest absolute Gasteiger partial charge is 0.380 e. The number of likely N-dealkylation sites (tertiary alicyclic amines) is 1. The summed E-state index contributed by atoms with van der Waals surface area (Å²) in [6.45, 7) is 2.12. The van der Waals surface area contributed by atoms with Crippen molar-refractivity contribution in [3.63, 3.8) is 0 Å². The van der Waals surface area contributed by atoms with Crippen LogP contribution >= 0.6 is 0 Å². The van der Waals surface area contributed by atoms with E-state index in [9.17, 15) is 4.79 Å². The average Bonchev–Trinajstić information content (AvgIpc) is 3.20. The first-order chi connectivity index (χ1) is 11.2. The van der Waals surface area contributed by atoms with E-state index in [0.717, 1.165) is 6.42 Å². The van der Waals surface area contributed by atoms with E-state index in [4.69, 9.17) is 9.26 Å². The summed E-state index contributed by atoms with van der Waals surface area (Å²) in [5, 5.41) is 4.06. The van der Waals surface area contributed by atoms with Crippen LogP contribution in [0.4, 0.5) is 0 Å². The third kappa shape index (κ3) is 3.59. The highest BCUT2D eigenvalue weighted by Gasteiger charge is 2.38. The molecule has 2 aromatic rings. The van der Waals surface area contributed by atoms with Gasteiger partial charge in [0.05, 0.1) is 6.10 Å². The summed E-state index contributed by atoms with van der Waals surface area (Å²) < 4.78 is 10.8. The van der Waals surface area contributed by atoms with Crippen molar-refractivity contribution in [1.82, 2.24) is 15.0 Å². The zero-order chi connectivity index (χ0) is 16.2. The van der Waals surface area contributed by atoms with E-state index in [1.54, 1.807) is 18.9 Å². The van der Waals surface area contributed by atoms with E-state index in [1.807, 2.05) is 18.2 Å². The van der Waals surface area contributed by atoms with Gasteiger partial charge in [-0.1, -0.05) is 35.5 Å². The molecule has 6 heteroatoms. The van der Waals surface area contributed by atoms with Crippen LogP contribution in [0.3, 0.4) is 0 Å². The molecule has 0 bridgehead atoms. The van der Waals surface area contributed by atoms with E-state index in [2.05, 4.69) is 22.3 Å². The highest BCUT2D eigenvalue weighted by atomic mass is 16.5. The Kier molecular flexibility index (Phi) is 4.71. The Labute approximate surface area is 135 Å². The summed E-state index contributed by atoms with van der Waals surface area (Å²) >= 11 is 0. The lowest BCUT2D eigenvalue weighted by Gasteiger charge is -2.19. The minimum Gasteiger partial charge on any atom is -0.380 e. The molecule has 0 unspecified atom stereocenters. The van der Waals surface area contributed by atoms with Crippen LogP contribution in [0, 0.1) is 0 Å². The molecule has 23 heavy (non-hydrogen) atoms. The maximum absolute atomic E-state index is 11.8. The first-order valence-electron chi connectivity index (χ1n) is 7.83. The van der Waals surface area contributed by atoms with Crippen molar-refractivity contribution in [1.29, 1.82) is 0 Å². The quantitative estimate of drug-likeness (QED) is 0.846. The van der Waals surface area contributed by atoms with Gasteiger partial charge in [0.15, 0.2) is 5.82 Å². The van der Waals surface area contributed by atoms with Crippen LogP contribution in [-0.4, -0.2) is 40.7 Å². The first kappa shape index (κ1) is 15.7. The number of carbonyl (C=O) groups is 1. The summed E-state index contributed by atoms with van der Waals surface area (Å²) in [5.74, 6) is 1.18. The number of rotatable bonds is 5. The van der Waals surface area contributed by atoms with Gasteiger partial charge in [-0.3, -0.25) is 4.79 Å². The molecular formula is C17H21N3O3. The zero-order valence-corrected chi connectivity index (χ0v) is 13.4. The number of aromatic nitrogens is 2. The lowest BCUT2D eigenvalue weighted by Crippen LogP contribution is -2.29. The van der Waals surface area contributed by atoms with Gasteiger partial charge in [0, 0.05) is 33.4 Å². The summed E-state index contributed by atoms with van der Waals surface area (Å²) in [4.78, 5) is 18.0. The van der Waals surface area contributed by atoms with Crippen molar-refractivity contribution in [3.05, 3.63) is 47.6 Å². The second-order valence-electron chi connectivity index (χ2n) is 5.82. The molecule has 0 saturated carbocycles. The van der Waals surface area contributed by atoms with Crippen molar-refractivity contribution in [2.45, 2.75) is 38.3 Å². The molecule has 3 rings (SSSR count). The molecule has 1 aliphatic rings. The van der Waals surface area contributed by atoms with Crippen LogP contribution in [0.2, 0.25) is 0 Å². The number of aryl methyl sites for hydroxylation is 2. The van der Waals surface area contributed by atoms with Crippen LogP contribution in [-0.2, 0) is 22.4 Å². The highest BCUT2D eigenvalue weighted by Crippen LogP contribution is 2.32. The fourth-order valence-electron chi connectivity index (χ4n) is 2.96. The third-order valence-corrected chi connectivity index (χ3v) is 4.25. The summed E-state index contributed by atoms with van der Waals surface area (Å²) in [5.41, 5.74) is 1.24. The topological polar surface area (TPSA) is 68.5 Å². The Hall–Kier alpha value is -2.21. The minimum absolute atomic E-state index is 0.00131. The van der Waals surface area contributed by atoms with Crippen LogP contribution in [0.15, 0.2) is 34.9 Å². The van der Waals surface area contributed by atoms with E-state index in [-0.39, 0.29) is 18.1 Å². The Balaban J connectivity index is 1.67. The number of benzene rings is 1. The molecule has 122 valence electrons. The lowest BCUT2D eigenvalue weighted by molar-refractivity contribution is -0.130. The predicted octanol–water partition coefficient (Wildman–Crippen LogP) is 2.16. The molecule has 0 N–H and O–H groups in total. The molecule has 1 aromatic carbocycles. The van der Waals surface area contributed by atoms with Gasteiger partial charge in [0.25, 0.3) is 0 Å². The summed E-state index contributed by atoms with van der Waals surface area (Å²) in [7, 11) is 1.66. The number of ether oxygens (including phenoxy) is 1. The van der Waals surface area contributed by atoms with Crippen molar-refractivity contribution in [2.75, 3.05) is 13.7 Å². The smallest absolute Gasteiger partial charge is 0.249 e. The Morgan fingerprint density at radius 1 is 1.35 bits per heavy atom. The van der Waals surface area contributed by atoms with Gasteiger partial charge >= 0.3 is 0 Å². The van der Waals surface area contributed by atoms with Gasteiger partial charge in [0.1, 0.15) is 6.04 Å². The minimum atomic E-state index is -0.185. The van der Waals surface area contributed by atoms with Gasteiger partial charge in [-0.05, 0) is 12.0 Å². The van der Waals surface area contributed by atoms with E-state index in [0.29, 0.717) is 31.1 Å². The molecule has 1 fully saturated rings. The number of hydrogen-bond donors (Lipinski definition) is 0. The van der Waals surface area contributed by atoms with Crippen LogP contribution in [0.25, 0.3) is 0 Å². The molecule has 1 saturated heterocycles. The molecule has 0 aliphatic carbocycles. The monoisotopic (exact) mass is 315 g/mol. The Morgan fingerprint density at radius 3 is 2.83 bits per heavy atom. The van der Waals surface area contributed by atoms with Gasteiger partial charge in [-0.15, -0.1) is 0 Å². The molecular weight excluding hydrogens is 294 g/mol. The van der Waals surface area contributed by atoms with Crippen molar-refractivity contribution in [3.8, 4) is 0 Å². The predicted molar refractivity (Wildman–Crippen MR) is 83.7 cm³/mol. The molecule has 1 aromatic heterocycles. The summed E-state index contributed by atoms with van der Waals surface area (Å²) in [6.07, 6.45) is 2.29. The van der Waals surface area contributed by atoms with Gasteiger partial charge in [0.2, 0.25) is 11.8 Å². The molecule has 1 amide bonds. The first-order valence-corrected chi connectivity index (χ1v) is 7.83. The van der Waals surface area contributed by atoms with Gasteiger partial charge in [-0.2, -0.15) is 4.98 Å². The van der Waals surface area contributed by atoms with Gasteiger partial charge < -0.3 is 14.2 Å². The van der Waals surface area contributed by atoms with Gasteiger partial charge in [-0.25, -0.2) is 0 Å². The third-order valence-electron chi connectivity index (χ3n) is 4.25. The highest BCUT2D eigenvalue weighted by molar-refractivity contribution is 5.74. The number of hydrogen-bond acceptors (Lipinski definition) is 5. The van der Waals surface area contributed by atoms with E-state index in [1.165, 1.54) is 5.56 Å². The van der Waals surface area contributed by atoms with Crippen molar-refractivity contribution >= 4 is 5.91 Å². The van der Waals surface area contributed by atoms with E-state index >= 15 is 0 Å². The standard InChI is InChI=1S/C17H21N3O3/c1-12(21)20-11-14(22-2)10-15(20)17-18-16(19-23-17)9-8-13-6-4-3-5-7-13/h3-7,14-15H,8-11H2,1-2H3/t14-,15+/m0/s1. The lowest BCUT2D eigenvalue weighted by atomic mass is 10.1. The molecule has 1 aliphatic heterocycles. The van der Waals surface area contributed by atoms with E-state index < -0.39 is 0 Å². The number of nitrogens with zero attached hydrogens (tertiary/aromatic N) is 3. The van der Waals surface area contributed by atoms with Crippen LogP contribution in [0.1, 0.15) is 36.7 Å². The Bertz CT molecular complexity index is 656. The number of methoxy groups -OCH3 is 1. The van der Waals surface area contributed by atoms with Crippen LogP contribution in [0.5, 0.6) is 0 Å². The van der Waals surface area contributed by atoms with Crippen molar-refractivity contribution in [2.24, 2.45) is 0 Å². The fourth-order valence-corrected chi connectivity index (χ4v) is 2.96. The number of carbonyl (C=O) groups excluding carboxylic acids is 1. The number of amides is 1.